The van der Waals surface area contributed by atoms with Crippen molar-refractivity contribution in [1.82, 2.24) is 0 Å². The molecule has 14 heavy (non-hydrogen) atoms. The van der Waals surface area contributed by atoms with Gasteiger partial charge in [0, 0.05) is 0 Å². The lowest BCUT2D eigenvalue weighted by molar-refractivity contribution is -0.142. The molecule has 1 unspecified atom stereocenters. The lowest BCUT2D eigenvalue weighted by atomic mass is 10.1. The van der Waals surface area contributed by atoms with Crippen LogP contribution in [0.2, 0.25) is 0 Å². The summed E-state index contributed by atoms with van der Waals surface area (Å²) in [6.07, 6.45) is -1.25. The van der Waals surface area contributed by atoms with Crippen LogP contribution in [0.15, 0.2) is 24.3 Å². The Kier molecular flexibility index (Phi) is 3.63. The molecule has 0 aliphatic carbocycles. The molecule has 0 aromatic heterocycles. The molecule has 0 radical (unpaired) electrons. The van der Waals surface area contributed by atoms with Gasteiger partial charge < -0.3 is 5.11 Å². The van der Waals surface area contributed by atoms with E-state index in [1.165, 1.54) is 0 Å². The Balaban J connectivity index is 2.46. The number of aryl methyl sites for hydroxylation is 2. The van der Waals surface area contributed by atoms with E-state index in [9.17, 15) is 9.18 Å². The molecule has 0 aliphatic heterocycles. The van der Waals surface area contributed by atoms with Gasteiger partial charge in [-0.25, -0.2) is 9.18 Å². The monoisotopic (exact) mass is 196 g/mol. The van der Waals surface area contributed by atoms with Crippen molar-refractivity contribution in [3.05, 3.63) is 35.4 Å². The number of hydrogen-bond donors (Lipinski definition) is 1. The maximum atomic E-state index is 12.7. The van der Waals surface area contributed by atoms with Gasteiger partial charge in [0.05, 0.1) is 0 Å². The fourth-order valence-electron chi connectivity index (χ4n) is 1.17. The van der Waals surface area contributed by atoms with Crippen molar-refractivity contribution in [3.8, 4) is 0 Å². The van der Waals surface area contributed by atoms with Gasteiger partial charge in [-0.05, 0) is 25.3 Å². The zero-order valence-corrected chi connectivity index (χ0v) is 8.03. The second kappa shape index (κ2) is 4.74. The zero-order chi connectivity index (χ0) is 10.6. The molecule has 0 fully saturated rings. The van der Waals surface area contributed by atoms with Crippen molar-refractivity contribution >= 4 is 5.97 Å². The average Bonchev–Trinajstić information content (AvgIpc) is 2.16. The van der Waals surface area contributed by atoms with Crippen LogP contribution in [0.25, 0.3) is 0 Å². The summed E-state index contributed by atoms with van der Waals surface area (Å²) < 4.78 is 12.7. The Morgan fingerprint density at radius 3 is 2.50 bits per heavy atom. The smallest absolute Gasteiger partial charge is 0.338 e. The van der Waals surface area contributed by atoms with Crippen LogP contribution >= 0.6 is 0 Å². The van der Waals surface area contributed by atoms with Crippen LogP contribution in [0.3, 0.4) is 0 Å². The van der Waals surface area contributed by atoms with Crippen molar-refractivity contribution in [2.45, 2.75) is 25.9 Å². The van der Waals surface area contributed by atoms with Gasteiger partial charge in [0.25, 0.3) is 0 Å². The Bertz CT molecular complexity index is 306. The summed E-state index contributed by atoms with van der Waals surface area (Å²) in [7, 11) is 0. The number of carboxylic acids is 1. The van der Waals surface area contributed by atoms with Crippen LogP contribution in [-0.2, 0) is 11.2 Å². The van der Waals surface area contributed by atoms with E-state index < -0.39 is 12.1 Å². The number of halogens is 1. The van der Waals surface area contributed by atoms with Crippen LogP contribution in [0, 0.1) is 6.92 Å². The largest absolute Gasteiger partial charge is 0.479 e. The molecule has 1 N–H and O–H groups in total. The van der Waals surface area contributed by atoms with Gasteiger partial charge >= 0.3 is 5.97 Å². The summed E-state index contributed by atoms with van der Waals surface area (Å²) in [4.78, 5) is 10.2. The maximum absolute atomic E-state index is 12.7. The highest BCUT2D eigenvalue weighted by atomic mass is 19.1. The molecule has 2 nitrogen and oxygen atoms in total. The number of alkyl halides is 1. The standard InChI is InChI=1S/C11H13FO2/c1-8-2-4-9(5-3-8)6-7-10(12)11(13)14/h2-5,10H,6-7H2,1H3,(H,13,14). The first-order chi connectivity index (χ1) is 6.59. The lowest BCUT2D eigenvalue weighted by Gasteiger charge is -2.03. The summed E-state index contributed by atoms with van der Waals surface area (Å²) in [5, 5.41) is 8.33. The summed E-state index contributed by atoms with van der Waals surface area (Å²) >= 11 is 0. The van der Waals surface area contributed by atoms with Gasteiger partial charge in [-0.3, -0.25) is 0 Å². The molecule has 76 valence electrons. The van der Waals surface area contributed by atoms with Gasteiger partial charge in [-0.2, -0.15) is 0 Å². The van der Waals surface area contributed by atoms with Crippen molar-refractivity contribution in [2.24, 2.45) is 0 Å². The van der Waals surface area contributed by atoms with E-state index >= 15 is 0 Å². The molecule has 0 aliphatic rings. The topological polar surface area (TPSA) is 37.3 Å². The molecular weight excluding hydrogens is 183 g/mol. The average molecular weight is 196 g/mol. The van der Waals surface area contributed by atoms with Crippen LogP contribution < -0.4 is 0 Å². The fraction of sp³-hybridized carbons (Fsp3) is 0.364. The van der Waals surface area contributed by atoms with Crippen LogP contribution in [-0.4, -0.2) is 17.2 Å². The van der Waals surface area contributed by atoms with Gasteiger partial charge in [0.15, 0.2) is 6.17 Å². The van der Waals surface area contributed by atoms with E-state index in [0.717, 1.165) is 11.1 Å². The first-order valence-corrected chi connectivity index (χ1v) is 4.52. The highest BCUT2D eigenvalue weighted by Crippen LogP contribution is 2.09. The first-order valence-electron chi connectivity index (χ1n) is 4.52. The van der Waals surface area contributed by atoms with Gasteiger partial charge in [-0.15, -0.1) is 0 Å². The number of rotatable bonds is 4. The highest BCUT2D eigenvalue weighted by Gasteiger charge is 2.14. The Morgan fingerprint density at radius 1 is 1.43 bits per heavy atom. The maximum Gasteiger partial charge on any atom is 0.338 e. The van der Waals surface area contributed by atoms with E-state index in [1.807, 2.05) is 31.2 Å². The number of aliphatic carboxylic acids is 1. The van der Waals surface area contributed by atoms with E-state index in [1.54, 1.807) is 0 Å². The third kappa shape index (κ3) is 3.17. The molecule has 0 spiro atoms. The number of carboxylic acid groups (broad SMARTS) is 1. The van der Waals surface area contributed by atoms with Gasteiger partial charge in [0.1, 0.15) is 0 Å². The molecule has 1 rings (SSSR count). The Morgan fingerprint density at radius 2 is 2.00 bits per heavy atom. The van der Waals surface area contributed by atoms with Crippen LogP contribution in [0.5, 0.6) is 0 Å². The van der Waals surface area contributed by atoms with E-state index in [0.29, 0.717) is 6.42 Å². The number of carbonyl (C=O) groups is 1. The van der Waals surface area contributed by atoms with Gasteiger partial charge in [-0.1, -0.05) is 29.8 Å². The molecule has 0 heterocycles. The second-order valence-corrected chi connectivity index (χ2v) is 3.33. The molecule has 0 amide bonds. The van der Waals surface area contributed by atoms with Crippen molar-refractivity contribution in [3.63, 3.8) is 0 Å². The van der Waals surface area contributed by atoms with Gasteiger partial charge in [0.2, 0.25) is 0 Å². The molecule has 3 heteroatoms. The number of hydrogen-bond acceptors (Lipinski definition) is 1. The highest BCUT2D eigenvalue weighted by molar-refractivity contribution is 5.72. The van der Waals surface area contributed by atoms with E-state index in [4.69, 9.17) is 5.11 Å². The first kappa shape index (κ1) is 10.7. The lowest BCUT2D eigenvalue weighted by Crippen LogP contribution is -2.14. The minimum absolute atomic E-state index is 0.0401. The van der Waals surface area contributed by atoms with E-state index in [2.05, 4.69) is 0 Å². The minimum atomic E-state index is -1.75. The third-order valence-corrected chi connectivity index (χ3v) is 2.08. The normalized spacial score (nSPS) is 12.4. The number of benzene rings is 1. The summed E-state index contributed by atoms with van der Waals surface area (Å²) in [6, 6.07) is 7.65. The molecule has 0 saturated carbocycles. The molecular formula is C11H13FO2. The zero-order valence-electron chi connectivity index (χ0n) is 8.03. The van der Waals surface area contributed by atoms with E-state index in [-0.39, 0.29) is 6.42 Å². The predicted octanol–water partition coefficient (Wildman–Crippen LogP) is 2.35. The summed E-state index contributed by atoms with van der Waals surface area (Å²) in [6.45, 7) is 1.97. The fourth-order valence-corrected chi connectivity index (χ4v) is 1.17. The van der Waals surface area contributed by atoms with Crippen molar-refractivity contribution < 1.29 is 14.3 Å². The summed E-state index contributed by atoms with van der Waals surface area (Å²) in [5.41, 5.74) is 2.11. The van der Waals surface area contributed by atoms with Crippen molar-refractivity contribution in [1.29, 1.82) is 0 Å². The Hall–Kier alpha value is -1.38. The Labute approximate surface area is 82.4 Å². The van der Waals surface area contributed by atoms with Crippen molar-refractivity contribution in [2.75, 3.05) is 0 Å². The SMILES string of the molecule is Cc1ccc(CCC(F)C(=O)O)cc1. The quantitative estimate of drug-likeness (QED) is 0.802. The predicted molar refractivity (Wildman–Crippen MR) is 52.0 cm³/mol. The van der Waals surface area contributed by atoms with Crippen LogP contribution in [0.4, 0.5) is 4.39 Å². The molecule has 1 aromatic carbocycles. The molecule has 1 aromatic rings. The van der Waals surface area contributed by atoms with Crippen LogP contribution in [0.1, 0.15) is 17.5 Å². The second-order valence-electron chi connectivity index (χ2n) is 3.33. The molecule has 1 atom stereocenters. The molecule has 0 saturated heterocycles. The molecule has 0 bridgehead atoms. The summed E-state index contributed by atoms with van der Waals surface area (Å²) in [5.74, 6) is -1.38. The minimum Gasteiger partial charge on any atom is -0.479 e. The third-order valence-electron chi connectivity index (χ3n) is 2.08.